The number of hydrogen-bond acceptors (Lipinski definition) is 2. The highest BCUT2D eigenvalue weighted by Gasteiger charge is 2.36. The zero-order valence-electron chi connectivity index (χ0n) is 13.5. The van der Waals surface area contributed by atoms with Crippen molar-refractivity contribution in [1.82, 2.24) is 4.90 Å². The highest BCUT2D eigenvalue weighted by Crippen LogP contribution is 2.36. The fourth-order valence-electron chi connectivity index (χ4n) is 3.20. The number of likely N-dealkylation sites (tertiary alicyclic amines) is 1. The Kier molecular flexibility index (Phi) is 5.63. The zero-order chi connectivity index (χ0) is 16.3. The van der Waals surface area contributed by atoms with Crippen LogP contribution in [0.15, 0.2) is 24.3 Å². The van der Waals surface area contributed by atoms with Gasteiger partial charge in [-0.25, -0.2) is 0 Å². The van der Waals surface area contributed by atoms with E-state index < -0.39 is 0 Å². The fourth-order valence-corrected chi connectivity index (χ4v) is 3.33. The molecule has 2 rings (SSSR count). The Labute approximate surface area is 137 Å². The maximum absolute atomic E-state index is 12.8. The average Bonchev–Trinajstić information content (AvgIpc) is 2.44. The number of Topliss-reactive ketones (excluding diaryl/α,β-unsaturated/α-hetero) is 1. The fraction of sp³-hybridized carbons (Fsp3) is 0.556. The number of carbonyl (C=O) groups is 2. The summed E-state index contributed by atoms with van der Waals surface area (Å²) in [5, 5.41) is 0.704. The summed E-state index contributed by atoms with van der Waals surface area (Å²) in [4.78, 5) is 26.1. The molecule has 1 unspecified atom stereocenters. The molecule has 1 amide bonds. The van der Waals surface area contributed by atoms with Gasteiger partial charge in [0.05, 0.1) is 6.04 Å². The molecule has 1 aliphatic heterocycles. The molecule has 0 saturated carbocycles. The summed E-state index contributed by atoms with van der Waals surface area (Å²) < 4.78 is 0. The van der Waals surface area contributed by atoms with Gasteiger partial charge < -0.3 is 9.69 Å². The molecule has 1 saturated heterocycles. The first kappa shape index (κ1) is 17.0. The third-order valence-electron chi connectivity index (χ3n) is 4.15. The van der Waals surface area contributed by atoms with Gasteiger partial charge in [-0.15, -0.1) is 0 Å². The lowest BCUT2D eigenvalue weighted by atomic mass is 9.85. The van der Waals surface area contributed by atoms with E-state index >= 15 is 0 Å². The molecule has 0 aromatic heterocycles. The van der Waals surface area contributed by atoms with Crippen molar-refractivity contribution in [2.75, 3.05) is 6.54 Å². The Morgan fingerprint density at radius 2 is 1.91 bits per heavy atom. The lowest BCUT2D eigenvalue weighted by molar-refractivity contribution is -0.144. The SMILES string of the molecule is CC(=O)CC1CC[C@@H](c2ccc(Cl)cc2)N(CC(C)C)C1=O. The summed E-state index contributed by atoms with van der Waals surface area (Å²) in [6.45, 7) is 6.51. The van der Waals surface area contributed by atoms with Crippen LogP contribution >= 0.6 is 11.6 Å². The second kappa shape index (κ2) is 7.28. The van der Waals surface area contributed by atoms with E-state index in [1.54, 1.807) is 6.92 Å². The zero-order valence-corrected chi connectivity index (χ0v) is 14.3. The largest absolute Gasteiger partial charge is 0.335 e. The van der Waals surface area contributed by atoms with Crippen molar-refractivity contribution >= 4 is 23.3 Å². The van der Waals surface area contributed by atoms with Crippen LogP contribution in [0.1, 0.15) is 51.6 Å². The number of benzene rings is 1. The Morgan fingerprint density at radius 3 is 2.45 bits per heavy atom. The van der Waals surface area contributed by atoms with Gasteiger partial charge in [0, 0.05) is 23.9 Å². The van der Waals surface area contributed by atoms with Crippen LogP contribution in [0.2, 0.25) is 5.02 Å². The molecule has 0 N–H and O–H groups in total. The molecule has 0 bridgehead atoms. The third kappa shape index (κ3) is 4.10. The molecule has 1 heterocycles. The van der Waals surface area contributed by atoms with Crippen LogP contribution in [0, 0.1) is 11.8 Å². The van der Waals surface area contributed by atoms with Crippen LogP contribution in [0.3, 0.4) is 0 Å². The van der Waals surface area contributed by atoms with Gasteiger partial charge in [0.15, 0.2) is 0 Å². The molecular formula is C18H24ClNO2. The molecule has 1 aromatic carbocycles. The van der Waals surface area contributed by atoms with E-state index in [1.807, 2.05) is 29.2 Å². The Balaban J connectivity index is 2.24. The number of ketones is 1. The summed E-state index contributed by atoms with van der Waals surface area (Å²) in [6, 6.07) is 7.83. The smallest absolute Gasteiger partial charge is 0.226 e. The predicted molar refractivity (Wildman–Crippen MR) is 88.8 cm³/mol. The van der Waals surface area contributed by atoms with Crippen molar-refractivity contribution in [2.24, 2.45) is 11.8 Å². The van der Waals surface area contributed by atoms with Gasteiger partial charge in [-0.2, -0.15) is 0 Å². The monoisotopic (exact) mass is 321 g/mol. The molecule has 4 heteroatoms. The summed E-state index contributed by atoms with van der Waals surface area (Å²) >= 11 is 5.96. The van der Waals surface area contributed by atoms with Gasteiger partial charge in [-0.1, -0.05) is 37.6 Å². The molecule has 1 aliphatic rings. The Morgan fingerprint density at radius 1 is 1.27 bits per heavy atom. The standard InChI is InChI=1S/C18H24ClNO2/c1-12(2)11-20-17(14-4-7-16(19)8-5-14)9-6-15(18(20)22)10-13(3)21/h4-5,7-8,12,15,17H,6,9-11H2,1-3H3/t15?,17-/m0/s1. The van der Waals surface area contributed by atoms with E-state index in [4.69, 9.17) is 11.6 Å². The molecule has 3 nitrogen and oxygen atoms in total. The van der Waals surface area contributed by atoms with Crippen LogP contribution < -0.4 is 0 Å². The first-order chi connectivity index (χ1) is 10.4. The molecule has 22 heavy (non-hydrogen) atoms. The number of hydrogen-bond donors (Lipinski definition) is 0. The topological polar surface area (TPSA) is 37.4 Å². The normalized spacial score (nSPS) is 22.2. The Bertz CT molecular complexity index is 539. The number of carbonyl (C=O) groups excluding carboxylic acids is 2. The second-order valence-corrected chi connectivity index (χ2v) is 7.07. The van der Waals surface area contributed by atoms with Gasteiger partial charge in [0.25, 0.3) is 0 Å². The molecule has 0 radical (unpaired) electrons. The average molecular weight is 322 g/mol. The molecule has 1 aromatic rings. The van der Waals surface area contributed by atoms with Gasteiger partial charge in [-0.3, -0.25) is 4.79 Å². The van der Waals surface area contributed by atoms with Gasteiger partial charge >= 0.3 is 0 Å². The van der Waals surface area contributed by atoms with Crippen molar-refractivity contribution in [3.63, 3.8) is 0 Å². The maximum Gasteiger partial charge on any atom is 0.226 e. The van der Waals surface area contributed by atoms with Crippen LogP contribution in [0.25, 0.3) is 0 Å². The quantitative estimate of drug-likeness (QED) is 0.812. The number of amides is 1. The molecule has 0 spiro atoms. The number of halogens is 1. The lowest BCUT2D eigenvalue weighted by Gasteiger charge is -2.40. The van der Waals surface area contributed by atoms with Crippen LogP contribution in [-0.4, -0.2) is 23.1 Å². The van der Waals surface area contributed by atoms with Gasteiger partial charge in [-0.05, 0) is 43.4 Å². The van der Waals surface area contributed by atoms with E-state index in [2.05, 4.69) is 13.8 Å². The Hall–Kier alpha value is -1.35. The third-order valence-corrected chi connectivity index (χ3v) is 4.40. The minimum Gasteiger partial charge on any atom is -0.335 e. The van der Waals surface area contributed by atoms with E-state index in [-0.39, 0.29) is 23.7 Å². The van der Waals surface area contributed by atoms with Crippen molar-refractivity contribution in [2.45, 2.75) is 46.1 Å². The van der Waals surface area contributed by atoms with E-state index in [0.29, 0.717) is 17.4 Å². The van der Waals surface area contributed by atoms with Crippen molar-refractivity contribution in [1.29, 1.82) is 0 Å². The van der Waals surface area contributed by atoms with Crippen LogP contribution in [0.4, 0.5) is 0 Å². The second-order valence-electron chi connectivity index (χ2n) is 6.63. The van der Waals surface area contributed by atoms with Crippen molar-refractivity contribution < 1.29 is 9.59 Å². The van der Waals surface area contributed by atoms with E-state index in [0.717, 1.165) is 24.9 Å². The molecular weight excluding hydrogens is 298 g/mol. The van der Waals surface area contributed by atoms with Gasteiger partial charge in [0.2, 0.25) is 5.91 Å². The number of nitrogens with zero attached hydrogens (tertiary/aromatic N) is 1. The van der Waals surface area contributed by atoms with Crippen molar-refractivity contribution in [3.8, 4) is 0 Å². The number of piperidine rings is 1. The highest BCUT2D eigenvalue weighted by molar-refractivity contribution is 6.30. The summed E-state index contributed by atoms with van der Waals surface area (Å²) in [5.74, 6) is 0.456. The molecule has 1 fully saturated rings. The van der Waals surface area contributed by atoms with Crippen molar-refractivity contribution in [3.05, 3.63) is 34.9 Å². The molecule has 0 aliphatic carbocycles. The van der Waals surface area contributed by atoms with E-state index in [9.17, 15) is 9.59 Å². The van der Waals surface area contributed by atoms with Gasteiger partial charge in [0.1, 0.15) is 5.78 Å². The highest BCUT2D eigenvalue weighted by atomic mass is 35.5. The first-order valence-corrected chi connectivity index (χ1v) is 8.31. The summed E-state index contributed by atoms with van der Waals surface area (Å²) in [5.41, 5.74) is 1.12. The minimum atomic E-state index is -0.153. The van der Waals surface area contributed by atoms with E-state index in [1.165, 1.54) is 0 Å². The predicted octanol–water partition coefficient (Wildman–Crippen LogP) is 4.25. The molecule has 2 atom stereocenters. The summed E-state index contributed by atoms with van der Waals surface area (Å²) in [7, 11) is 0. The van der Waals surface area contributed by atoms with Crippen LogP contribution in [0.5, 0.6) is 0 Å². The lowest BCUT2D eigenvalue weighted by Crippen LogP contribution is -2.45. The minimum absolute atomic E-state index is 0.0905. The molecule has 120 valence electrons. The maximum atomic E-state index is 12.8. The summed E-state index contributed by atoms with van der Waals surface area (Å²) in [6.07, 6.45) is 2.04. The first-order valence-electron chi connectivity index (χ1n) is 7.94. The van der Waals surface area contributed by atoms with Crippen LogP contribution in [-0.2, 0) is 9.59 Å². The number of rotatable bonds is 5.